The zero-order valence-electron chi connectivity index (χ0n) is 21.9. The molecule has 0 saturated carbocycles. The van der Waals surface area contributed by atoms with Gasteiger partial charge in [-0.3, -0.25) is 9.59 Å². The molecule has 0 bridgehead atoms. The number of thiol groups is 1. The Morgan fingerprint density at radius 3 is 2.40 bits per heavy atom. The van der Waals surface area contributed by atoms with Gasteiger partial charge in [-0.05, 0) is 50.8 Å². The summed E-state index contributed by atoms with van der Waals surface area (Å²) in [5.74, 6) is -0.558. The van der Waals surface area contributed by atoms with Gasteiger partial charge in [-0.25, -0.2) is 4.79 Å². The number of rotatable bonds is 14. The van der Waals surface area contributed by atoms with E-state index in [0.717, 1.165) is 31.2 Å². The molecule has 2 atom stereocenters. The van der Waals surface area contributed by atoms with Crippen LogP contribution < -0.4 is 10.6 Å². The van der Waals surface area contributed by atoms with E-state index in [4.69, 9.17) is 4.74 Å². The third kappa shape index (κ3) is 10.8. The summed E-state index contributed by atoms with van der Waals surface area (Å²) >= 11 is 4.31. The minimum Gasteiger partial charge on any atom is -0.444 e. The lowest BCUT2D eigenvalue weighted by molar-refractivity contribution is -0.142. The number of amides is 3. The summed E-state index contributed by atoms with van der Waals surface area (Å²) in [6, 6.07) is 5.66. The van der Waals surface area contributed by atoms with Crippen LogP contribution in [0.25, 0.3) is 6.08 Å². The lowest BCUT2D eigenvalue weighted by atomic mass is 10.00. The maximum Gasteiger partial charge on any atom is 0.408 e. The fraction of sp³-hybridized carbons (Fsp3) is 0.593. The minimum absolute atomic E-state index is 0.0677. The Morgan fingerprint density at radius 1 is 1.14 bits per heavy atom. The predicted octanol–water partition coefficient (Wildman–Crippen LogP) is 5.13. The highest BCUT2D eigenvalue weighted by molar-refractivity contribution is 7.80. The van der Waals surface area contributed by atoms with Crippen LogP contribution in [0, 0.1) is 0 Å². The van der Waals surface area contributed by atoms with Crippen molar-refractivity contribution < 1.29 is 19.1 Å². The van der Waals surface area contributed by atoms with Crippen molar-refractivity contribution in [1.29, 1.82) is 0 Å². The van der Waals surface area contributed by atoms with Crippen LogP contribution in [0.4, 0.5) is 4.79 Å². The van der Waals surface area contributed by atoms with Crippen molar-refractivity contribution >= 4 is 36.6 Å². The number of nitrogens with zero attached hydrogens (tertiary/aromatic N) is 1. The van der Waals surface area contributed by atoms with Crippen LogP contribution in [0.15, 0.2) is 30.8 Å². The van der Waals surface area contributed by atoms with E-state index in [0.29, 0.717) is 25.1 Å². The van der Waals surface area contributed by atoms with Gasteiger partial charge >= 0.3 is 6.09 Å². The van der Waals surface area contributed by atoms with E-state index >= 15 is 0 Å². The quantitative estimate of drug-likeness (QED) is 0.242. The second-order valence-electron chi connectivity index (χ2n) is 9.54. The zero-order valence-corrected chi connectivity index (χ0v) is 22.8. The normalized spacial score (nSPS) is 12.9. The van der Waals surface area contributed by atoms with Crippen molar-refractivity contribution in [2.75, 3.05) is 18.8 Å². The SMILES string of the molecule is C=Cc1cccc(C(C(=O)NCCCCC)N(CCCC)C(=O)C(CS)NC(=O)OC(C)(C)C)c1. The molecule has 1 rings (SSSR count). The van der Waals surface area contributed by atoms with Gasteiger partial charge in [-0.15, -0.1) is 0 Å². The van der Waals surface area contributed by atoms with E-state index in [1.165, 1.54) is 0 Å². The first-order valence-electron chi connectivity index (χ1n) is 12.5. The van der Waals surface area contributed by atoms with Crippen molar-refractivity contribution in [2.24, 2.45) is 0 Å². The Hall–Kier alpha value is -2.48. The fourth-order valence-corrected chi connectivity index (χ4v) is 3.79. The highest BCUT2D eigenvalue weighted by Crippen LogP contribution is 2.25. The molecule has 0 fully saturated rings. The Kier molecular flexibility index (Phi) is 13.5. The van der Waals surface area contributed by atoms with Gasteiger partial charge in [0.25, 0.3) is 0 Å². The monoisotopic (exact) mass is 505 g/mol. The topological polar surface area (TPSA) is 87.7 Å². The molecule has 0 heterocycles. The Morgan fingerprint density at radius 2 is 1.83 bits per heavy atom. The summed E-state index contributed by atoms with van der Waals surface area (Å²) in [4.78, 5) is 41.2. The number of ether oxygens (including phenoxy) is 1. The van der Waals surface area contributed by atoms with Gasteiger partial charge < -0.3 is 20.3 Å². The van der Waals surface area contributed by atoms with Gasteiger partial charge in [0.05, 0.1) is 0 Å². The maximum absolute atomic E-state index is 13.7. The first-order chi connectivity index (χ1) is 16.6. The van der Waals surface area contributed by atoms with Gasteiger partial charge in [0.2, 0.25) is 11.8 Å². The molecule has 2 N–H and O–H groups in total. The van der Waals surface area contributed by atoms with Crippen LogP contribution in [0.1, 0.15) is 83.9 Å². The molecule has 0 radical (unpaired) electrons. The second kappa shape index (κ2) is 15.5. The van der Waals surface area contributed by atoms with Gasteiger partial charge in [0.1, 0.15) is 17.7 Å². The molecule has 3 amide bonds. The number of nitrogens with one attached hydrogen (secondary N) is 2. The number of alkyl carbamates (subject to hydrolysis) is 1. The molecule has 0 aromatic heterocycles. The van der Waals surface area contributed by atoms with Crippen molar-refractivity contribution in [2.45, 2.75) is 84.4 Å². The number of hydrogen-bond acceptors (Lipinski definition) is 5. The summed E-state index contributed by atoms with van der Waals surface area (Å²) in [6.07, 6.45) is 5.47. The summed E-state index contributed by atoms with van der Waals surface area (Å²) in [5.41, 5.74) is 0.837. The molecule has 35 heavy (non-hydrogen) atoms. The number of carbonyl (C=O) groups excluding carboxylic acids is 3. The molecule has 7 nitrogen and oxygen atoms in total. The van der Waals surface area contributed by atoms with E-state index in [-0.39, 0.29) is 17.6 Å². The van der Waals surface area contributed by atoms with Crippen molar-refractivity contribution in [3.8, 4) is 0 Å². The molecule has 2 unspecified atom stereocenters. The van der Waals surface area contributed by atoms with Crippen molar-refractivity contribution in [3.05, 3.63) is 42.0 Å². The van der Waals surface area contributed by atoms with Crippen LogP contribution in [0.3, 0.4) is 0 Å². The van der Waals surface area contributed by atoms with E-state index in [1.807, 2.05) is 31.2 Å². The highest BCUT2D eigenvalue weighted by Gasteiger charge is 2.35. The molecule has 8 heteroatoms. The molecular weight excluding hydrogens is 462 g/mol. The molecule has 0 aliphatic carbocycles. The van der Waals surface area contributed by atoms with Gasteiger partial charge in [0.15, 0.2) is 0 Å². The van der Waals surface area contributed by atoms with Gasteiger partial charge in [0, 0.05) is 18.8 Å². The van der Waals surface area contributed by atoms with E-state index in [2.05, 4.69) is 36.8 Å². The van der Waals surface area contributed by atoms with Gasteiger partial charge in [-0.1, -0.05) is 64.0 Å². The molecule has 1 aromatic carbocycles. The summed E-state index contributed by atoms with van der Waals surface area (Å²) in [6.45, 7) is 14.1. The fourth-order valence-electron chi connectivity index (χ4n) is 3.54. The number of unbranched alkanes of at least 4 members (excludes halogenated alkanes) is 3. The average Bonchev–Trinajstić information content (AvgIpc) is 2.81. The van der Waals surface area contributed by atoms with Crippen LogP contribution in [0.2, 0.25) is 0 Å². The maximum atomic E-state index is 13.7. The van der Waals surface area contributed by atoms with E-state index < -0.39 is 23.8 Å². The Labute approximate surface area is 216 Å². The van der Waals surface area contributed by atoms with Crippen LogP contribution in [0.5, 0.6) is 0 Å². The van der Waals surface area contributed by atoms with Crippen LogP contribution in [-0.2, 0) is 14.3 Å². The highest BCUT2D eigenvalue weighted by atomic mass is 32.1. The largest absolute Gasteiger partial charge is 0.444 e. The Bertz CT molecular complexity index is 838. The molecule has 0 saturated heterocycles. The summed E-state index contributed by atoms with van der Waals surface area (Å²) in [5, 5.41) is 5.64. The smallest absolute Gasteiger partial charge is 0.408 e. The molecule has 0 aliphatic heterocycles. The molecule has 1 aromatic rings. The first kappa shape index (κ1) is 30.6. The number of benzene rings is 1. The second-order valence-corrected chi connectivity index (χ2v) is 9.91. The third-order valence-corrected chi connectivity index (χ3v) is 5.67. The minimum atomic E-state index is -0.942. The molecule has 196 valence electrons. The summed E-state index contributed by atoms with van der Waals surface area (Å²) in [7, 11) is 0. The van der Waals surface area contributed by atoms with Crippen LogP contribution in [-0.4, -0.2) is 53.3 Å². The lowest BCUT2D eigenvalue weighted by Crippen LogP contribution is -2.54. The van der Waals surface area contributed by atoms with Crippen molar-refractivity contribution in [1.82, 2.24) is 15.5 Å². The van der Waals surface area contributed by atoms with Crippen molar-refractivity contribution in [3.63, 3.8) is 0 Å². The Balaban J connectivity index is 3.34. The number of carbonyl (C=O) groups is 3. The van der Waals surface area contributed by atoms with E-state index in [9.17, 15) is 14.4 Å². The van der Waals surface area contributed by atoms with E-state index in [1.54, 1.807) is 31.7 Å². The predicted molar refractivity (Wildman–Crippen MR) is 145 cm³/mol. The first-order valence-corrected chi connectivity index (χ1v) is 13.1. The molecular formula is C27H43N3O4S. The molecule has 0 aliphatic rings. The molecule has 0 spiro atoms. The summed E-state index contributed by atoms with van der Waals surface area (Å²) < 4.78 is 5.33. The number of hydrogen-bond donors (Lipinski definition) is 3. The van der Waals surface area contributed by atoms with Crippen LogP contribution >= 0.6 is 12.6 Å². The third-order valence-electron chi connectivity index (χ3n) is 5.31. The van der Waals surface area contributed by atoms with Gasteiger partial charge in [-0.2, -0.15) is 12.6 Å². The standard InChI is InChI=1S/C27H43N3O4S/c1-7-10-12-16-28-24(31)23(21-15-13-14-20(9-3)18-21)30(17-11-8-2)25(32)22(19-35)29-26(33)34-27(4,5)6/h9,13-15,18,22-23,35H,3,7-8,10-12,16-17,19H2,1-2,4-6H3,(H,28,31)(H,29,33). The average molecular weight is 506 g/mol. The zero-order chi connectivity index (χ0) is 26.4. The lowest BCUT2D eigenvalue weighted by Gasteiger charge is -2.34.